The largest absolute Gasteiger partial charge is 0.497 e. The van der Waals surface area contributed by atoms with Gasteiger partial charge in [-0.15, -0.1) is 0 Å². The third kappa shape index (κ3) is 3.59. The SMILES string of the molecule is COc1cc(NC(=O)Cn2c3ccccc3c(=O)c3cc(C)ccc32)cc(OC)c1. The zero-order valence-corrected chi connectivity index (χ0v) is 17.1. The smallest absolute Gasteiger partial charge is 0.244 e. The Balaban J connectivity index is 1.77. The molecule has 3 aromatic carbocycles. The van der Waals surface area contributed by atoms with Crippen molar-refractivity contribution >= 4 is 33.4 Å². The summed E-state index contributed by atoms with van der Waals surface area (Å²) in [6.07, 6.45) is 0. The highest BCUT2D eigenvalue weighted by atomic mass is 16.5. The van der Waals surface area contributed by atoms with Gasteiger partial charge in [0, 0.05) is 34.7 Å². The quantitative estimate of drug-likeness (QED) is 0.510. The lowest BCUT2D eigenvalue weighted by atomic mass is 10.1. The molecule has 0 fully saturated rings. The zero-order valence-electron chi connectivity index (χ0n) is 17.1. The van der Waals surface area contributed by atoms with Crippen LogP contribution >= 0.6 is 0 Å². The molecular weight excluding hydrogens is 380 g/mol. The molecule has 30 heavy (non-hydrogen) atoms. The normalized spacial score (nSPS) is 10.9. The number of nitrogens with zero attached hydrogens (tertiary/aromatic N) is 1. The Labute approximate surface area is 173 Å². The number of aryl methyl sites for hydroxylation is 1. The van der Waals surface area contributed by atoms with Crippen molar-refractivity contribution in [2.75, 3.05) is 19.5 Å². The van der Waals surface area contributed by atoms with Crippen LogP contribution < -0.4 is 20.2 Å². The Hall–Kier alpha value is -3.80. The summed E-state index contributed by atoms with van der Waals surface area (Å²) in [4.78, 5) is 25.9. The lowest BCUT2D eigenvalue weighted by Crippen LogP contribution is -2.21. The van der Waals surface area contributed by atoms with Crippen molar-refractivity contribution in [3.63, 3.8) is 0 Å². The monoisotopic (exact) mass is 402 g/mol. The maximum Gasteiger partial charge on any atom is 0.244 e. The van der Waals surface area contributed by atoms with Crippen molar-refractivity contribution in [1.29, 1.82) is 0 Å². The molecule has 6 heteroatoms. The Morgan fingerprint density at radius 2 is 1.57 bits per heavy atom. The second kappa shape index (κ2) is 7.91. The van der Waals surface area contributed by atoms with Crippen LogP contribution in [0.4, 0.5) is 5.69 Å². The summed E-state index contributed by atoms with van der Waals surface area (Å²) >= 11 is 0. The van der Waals surface area contributed by atoms with Gasteiger partial charge in [-0.1, -0.05) is 23.8 Å². The minimum absolute atomic E-state index is 0.0292. The zero-order chi connectivity index (χ0) is 21.3. The first-order valence-corrected chi connectivity index (χ1v) is 9.55. The van der Waals surface area contributed by atoms with Crippen LogP contribution in [0.5, 0.6) is 11.5 Å². The molecule has 0 bridgehead atoms. The first-order valence-electron chi connectivity index (χ1n) is 9.55. The van der Waals surface area contributed by atoms with Gasteiger partial charge in [0.15, 0.2) is 5.43 Å². The van der Waals surface area contributed by atoms with Crippen LogP contribution in [0.2, 0.25) is 0 Å². The number of benzene rings is 3. The molecule has 0 saturated carbocycles. The Morgan fingerprint density at radius 3 is 2.27 bits per heavy atom. The molecule has 152 valence electrons. The number of aromatic nitrogens is 1. The standard InChI is InChI=1S/C24H22N2O4/c1-15-8-9-22-20(10-15)24(28)19-6-4-5-7-21(19)26(22)14-23(27)25-16-11-17(29-2)13-18(12-16)30-3/h4-13H,14H2,1-3H3,(H,25,27). The van der Waals surface area contributed by atoms with Crippen LogP contribution in [0.1, 0.15) is 5.56 Å². The fourth-order valence-corrected chi connectivity index (χ4v) is 3.64. The molecule has 0 radical (unpaired) electrons. The molecular formula is C24H22N2O4. The molecule has 0 aliphatic heterocycles. The third-order valence-corrected chi connectivity index (χ3v) is 5.06. The number of carbonyl (C=O) groups is 1. The van der Waals surface area contributed by atoms with Gasteiger partial charge in [-0.25, -0.2) is 0 Å². The van der Waals surface area contributed by atoms with Gasteiger partial charge in [0.1, 0.15) is 18.0 Å². The number of pyridine rings is 1. The first-order chi connectivity index (χ1) is 14.5. The van der Waals surface area contributed by atoms with E-state index in [4.69, 9.17) is 9.47 Å². The molecule has 0 spiro atoms. The topological polar surface area (TPSA) is 69.6 Å². The summed E-state index contributed by atoms with van der Waals surface area (Å²) in [5.41, 5.74) is 2.98. The molecule has 0 unspecified atom stereocenters. The maximum atomic E-state index is 13.0. The molecule has 1 N–H and O–H groups in total. The van der Waals surface area contributed by atoms with Gasteiger partial charge >= 0.3 is 0 Å². The van der Waals surface area contributed by atoms with E-state index in [9.17, 15) is 9.59 Å². The van der Waals surface area contributed by atoms with E-state index in [1.807, 2.05) is 47.9 Å². The van der Waals surface area contributed by atoms with Crippen LogP contribution in [-0.4, -0.2) is 24.7 Å². The molecule has 0 aliphatic carbocycles. The van der Waals surface area contributed by atoms with Crippen LogP contribution in [0.15, 0.2) is 65.5 Å². The molecule has 4 aromatic rings. The molecule has 0 saturated heterocycles. The number of amides is 1. The average Bonchev–Trinajstić information content (AvgIpc) is 2.76. The van der Waals surface area contributed by atoms with Gasteiger partial charge < -0.3 is 19.4 Å². The predicted molar refractivity (Wildman–Crippen MR) is 119 cm³/mol. The van der Waals surface area contributed by atoms with Crippen LogP contribution in [0.25, 0.3) is 21.8 Å². The summed E-state index contributed by atoms with van der Waals surface area (Å²) in [7, 11) is 3.11. The number of nitrogens with one attached hydrogen (secondary N) is 1. The number of rotatable bonds is 5. The lowest BCUT2D eigenvalue weighted by Gasteiger charge is -2.16. The van der Waals surface area contributed by atoms with Gasteiger partial charge in [-0.2, -0.15) is 0 Å². The van der Waals surface area contributed by atoms with Crippen LogP contribution in [0, 0.1) is 6.92 Å². The second-order valence-corrected chi connectivity index (χ2v) is 7.10. The molecule has 1 heterocycles. The van der Waals surface area contributed by atoms with Crippen molar-refractivity contribution in [1.82, 2.24) is 4.57 Å². The molecule has 0 aliphatic rings. The third-order valence-electron chi connectivity index (χ3n) is 5.06. The van der Waals surface area contributed by atoms with E-state index >= 15 is 0 Å². The number of methoxy groups -OCH3 is 2. The van der Waals surface area contributed by atoms with Gasteiger partial charge in [-0.3, -0.25) is 9.59 Å². The maximum absolute atomic E-state index is 13.0. The van der Waals surface area contributed by atoms with Crippen molar-refractivity contribution in [3.8, 4) is 11.5 Å². The van der Waals surface area contributed by atoms with Crippen molar-refractivity contribution in [2.24, 2.45) is 0 Å². The Bertz CT molecular complexity index is 1300. The summed E-state index contributed by atoms with van der Waals surface area (Å²) in [5.74, 6) is 0.944. The number of ether oxygens (including phenoxy) is 2. The highest BCUT2D eigenvalue weighted by Crippen LogP contribution is 2.26. The van der Waals surface area contributed by atoms with E-state index in [1.54, 1.807) is 38.5 Å². The number of hydrogen-bond donors (Lipinski definition) is 1. The van der Waals surface area contributed by atoms with E-state index in [0.717, 1.165) is 16.6 Å². The van der Waals surface area contributed by atoms with Gasteiger partial charge in [0.25, 0.3) is 0 Å². The van der Waals surface area contributed by atoms with Crippen molar-refractivity contribution < 1.29 is 14.3 Å². The summed E-state index contributed by atoms with van der Waals surface area (Å²) in [6.45, 7) is 2.00. The number of hydrogen-bond acceptors (Lipinski definition) is 4. The van der Waals surface area contributed by atoms with Crippen LogP contribution in [-0.2, 0) is 11.3 Å². The summed E-state index contributed by atoms with van der Waals surface area (Å²) in [5, 5.41) is 4.09. The van der Waals surface area contributed by atoms with Gasteiger partial charge in [-0.05, 0) is 31.2 Å². The molecule has 1 aromatic heterocycles. The highest BCUT2D eigenvalue weighted by molar-refractivity contribution is 5.97. The van der Waals surface area contributed by atoms with E-state index in [1.165, 1.54) is 0 Å². The van der Waals surface area contributed by atoms with Gasteiger partial charge in [0.2, 0.25) is 5.91 Å². The first kappa shape index (κ1) is 19.5. The minimum atomic E-state index is -0.221. The number of anilines is 1. The summed E-state index contributed by atoms with van der Waals surface area (Å²) in [6, 6.07) is 18.2. The van der Waals surface area contributed by atoms with Crippen LogP contribution in [0.3, 0.4) is 0 Å². The second-order valence-electron chi connectivity index (χ2n) is 7.10. The minimum Gasteiger partial charge on any atom is -0.497 e. The molecule has 1 amide bonds. The lowest BCUT2D eigenvalue weighted by molar-refractivity contribution is -0.116. The number of para-hydroxylation sites is 1. The number of fused-ring (bicyclic) bond motifs is 2. The fraction of sp³-hybridized carbons (Fsp3) is 0.167. The average molecular weight is 402 g/mol. The van der Waals surface area contributed by atoms with E-state index in [-0.39, 0.29) is 17.9 Å². The van der Waals surface area contributed by atoms with E-state index < -0.39 is 0 Å². The van der Waals surface area contributed by atoms with Gasteiger partial charge in [0.05, 0.1) is 25.3 Å². The predicted octanol–water partition coefficient (Wildman–Crippen LogP) is 4.12. The van der Waals surface area contributed by atoms with E-state index in [0.29, 0.717) is 28.0 Å². The Morgan fingerprint density at radius 1 is 0.900 bits per heavy atom. The van der Waals surface area contributed by atoms with Crippen molar-refractivity contribution in [3.05, 3.63) is 76.5 Å². The van der Waals surface area contributed by atoms with Crippen molar-refractivity contribution in [2.45, 2.75) is 13.5 Å². The highest BCUT2D eigenvalue weighted by Gasteiger charge is 2.14. The molecule has 4 rings (SSSR count). The molecule has 6 nitrogen and oxygen atoms in total. The Kier molecular flexibility index (Phi) is 5.14. The molecule has 0 atom stereocenters. The fourth-order valence-electron chi connectivity index (χ4n) is 3.64. The van der Waals surface area contributed by atoms with E-state index in [2.05, 4.69) is 5.32 Å². The summed E-state index contributed by atoms with van der Waals surface area (Å²) < 4.78 is 12.4. The number of carbonyl (C=O) groups excluding carboxylic acids is 1.